The number of benzene rings is 2. The van der Waals surface area contributed by atoms with Gasteiger partial charge in [-0.1, -0.05) is 55.0 Å². The zero-order valence-corrected chi connectivity index (χ0v) is 18.9. The maximum Gasteiger partial charge on any atom is 0.251 e. The Balaban J connectivity index is 1.31. The average molecular weight is 433 g/mol. The smallest absolute Gasteiger partial charge is 0.251 e. The highest BCUT2D eigenvalue weighted by atomic mass is 16.2. The van der Waals surface area contributed by atoms with Crippen molar-refractivity contribution in [2.75, 3.05) is 13.6 Å². The minimum atomic E-state index is -0.211. The van der Waals surface area contributed by atoms with Gasteiger partial charge in [-0.3, -0.25) is 14.7 Å². The molecule has 0 fully saturated rings. The molecule has 6 heteroatoms. The first-order valence-electron chi connectivity index (χ1n) is 11.2. The van der Waals surface area contributed by atoms with Gasteiger partial charge in [0.2, 0.25) is 5.91 Å². The number of unbranched alkanes of at least 4 members (excludes halogenated alkanes) is 2. The Morgan fingerprint density at radius 3 is 2.41 bits per heavy atom. The number of amides is 2. The zero-order chi connectivity index (χ0) is 22.8. The monoisotopic (exact) mass is 432 g/mol. The Kier molecular flexibility index (Phi) is 8.61. The van der Waals surface area contributed by atoms with Gasteiger partial charge in [0.1, 0.15) is 0 Å². The van der Waals surface area contributed by atoms with Crippen molar-refractivity contribution in [3.8, 4) is 11.3 Å². The predicted octanol–water partition coefficient (Wildman–Crippen LogP) is 4.46. The molecule has 168 valence electrons. The van der Waals surface area contributed by atoms with E-state index in [0.29, 0.717) is 12.0 Å². The SMILES string of the molecule is C[C@H](CC(=O)N(C)CCCCCc1cc(-c2ccccc2)n[nH]1)NC(=O)c1ccccc1. The van der Waals surface area contributed by atoms with Crippen LogP contribution in [0.5, 0.6) is 0 Å². The van der Waals surface area contributed by atoms with Crippen molar-refractivity contribution >= 4 is 11.8 Å². The number of rotatable bonds is 11. The Morgan fingerprint density at radius 2 is 1.69 bits per heavy atom. The molecular weight excluding hydrogens is 400 g/mol. The summed E-state index contributed by atoms with van der Waals surface area (Å²) in [5.74, 6) is -0.102. The molecule has 1 aromatic heterocycles. The molecule has 3 rings (SSSR count). The Bertz CT molecular complexity index is 985. The van der Waals surface area contributed by atoms with Gasteiger partial charge in [-0.2, -0.15) is 5.10 Å². The summed E-state index contributed by atoms with van der Waals surface area (Å²) in [4.78, 5) is 26.4. The van der Waals surface area contributed by atoms with Crippen molar-refractivity contribution in [1.29, 1.82) is 0 Å². The van der Waals surface area contributed by atoms with E-state index in [1.165, 1.54) is 0 Å². The molecule has 2 aromatic carbocycles. The lowest BCUT2D eigenvalue weighted by atomic mass is 10.1. The van der Waals surface area contributed by atoms with E-state index in [4.69, 9.17) is 0 Å². The topological polar surface area (TPSA) is 78.1 Å². The minimum absolute atomic E-state index is 0.0481. The third-order valence-electron chi connectivity index (χ3n) is 5.46. The van der Waals surface area contributed by atoms with Crippen LogP contribution in [0, 0.1) is 0 Å². The number of H-pyrrole nitrogens is 1. The third kappa shape index (κ3) is 7.08. The molecule has 0 spiro atoms. The van der Waals surface area contributed by atoms with Crippen LogP contribution < -0.4 is 5.32 Å². The maximum atomic E-state index is 12.5. The number of hydrogen-bond acceptors (Lipinski definition) is 3. The van der Waals surface area contributed by atoms with Gasteiger partial charge < -0.3 is 10.2 Å². The largest absolute Gasteiger partial charge is 0.349 e. The number of aryl methyl sites for hydroxylation is 1. The standard InChI is InChI=1S/C26H32N4O2/c1-20(27-26(32)22-14-8-4-9-15-22)18-25(31)30(2)17-11-5-10-16-23-19-24(29-28-23)21-12-6-3-7-13-21/h3-4,6-9,12-15,19-20H,5,10-11,16-18H2,1-2H3,(H,27,32)(H,28,29)/t20-/m1/s1. The summed E-state index contributed by atoms with van der Waals surface area (Å²) in [6.45, 7) is 2.58. The van der Waals surface area contributed by atoms with Crippen molar-refractivity contribution < 1.29 is 9.59 Å². The van der Waals surface area contributed by atoms with Gasteiger partial charge in [0, 0.05) is 42.9 Å². The molecule has 0 saturated carbocycles. The second-order valence-electron chi connectivity index (χ2n) is 8.22. The molecule has 1 atom stereocenters. The fourth-order valence-corrected chi connectivity index (χ4v) is 3.58. The lowest BCUT2D eigenvalue weighted by Gasteiger charge is -2.20. The minimum Gasteiger partial charge on any atom is -0.349 e. The second kappa shape index (κ2) is 11.8. The van der Waals surface area contributed by atoms with Gasteiger partial charge in [-0.05, 0) is 44.4 Å². The van der Waals surface area contributed by atoms with E-state index in [1.54, 1.807) is 17.0 Å². The Morgan fingerprint density at radius 1 is 1.00 bits per heavy atom. The first-order valence-corrected chi connectivity index (χ1v) is 11.2. The second-order valence-corrected chi connectivity index (χ2v) is 8.22. The Labute approximate surface area is 190 Å². The van der Waals surface area contributed by atoms with Gasteiger partial charge in [-0.15, -0.1) is 0 Å². The summed E-state index contributed by atoms with van der Waals surface area (Å²) >= 11 is 0. The maximum absolute atomic E-state index is 12.5. The van der Waals surface area contributed by atoms with E-state index in [-0.39, 0.29) is 17.9 Å². The highest BCUT2D eigenvalue weighted by Gasteiger charge is 2.16. The zero-order valence-electron chi connectivity index (χ0n) is 18.9. The summed E-state index contributed by atoms with van der Waals surface area (Å²) in [5, 5.41) is 10.4. The molecule has 0 aliphatic carbocycles. The molecule has 6 nitrogen and oxygen atoms in total. The number of nitrogens with one attached hydrogen (secondary N) is 2. The first-order chi connectivity index (χ1) is 15.5. The first kappa shape index (κ1) is 23.3. The highest BCUT2D eigenvalue weighted by Crippen LogP contribution is 2.18. The van der Waals surface area contributed by atoms with Crippen molar-refractivity contribution in [3.05, 3.63) is 78.0 Å². The van der Waals surface area contributed by atoms with Gasteiger partial charge in [-0.25, -0.2) is 0 Å². The molecule has 0 bridgehead atoms. The molecule has 2 N–H and O–H groups in total. The van der Waals surface area contributed by atoms with Crippen LogP contribution in [0.1, 0.15) is 48.7 Å². The van der Waals surface area contributed by atoms with E-state index >= 15 is 0 Å². The summed E-state index contributed by atoms with van der Waals surface area (Å²) in [7, 11) is 1.83. The molecule has 0 aliphatic rings. The van der Waals surface area contributed by atoms with Crippen LogP contribution >= 0.6 is 0 Å². The normalized spacial score (nSPS) is 11.7. The van der Waals surface area contributed by atoms with Gasteiger partial charge in [0.25, 0.3) is 5.91 Å². The van der Waals surface area contributed by atoms with Crippen LogP contribution in [0.15, 0.2) is 66.7 Å². The lowest BCUT2D eigenvalue weighted by Crippen LogP contribution is -2.38. The Hall–Kier alpha value is -3.41. The average Bonchev–Trinajstić information content (AvgIpc) is 3.28. The van der Waals surface area contributed by atoms with Crippen molar-refractivity contribution in [3.63, 3.8) is 0 Å². The van der Waals surface area contributed by atoms with E-state index in [9.17, 15) is 9.59 Å². The lowest BCUT2D eigenvalue weighted by molar-refractivity contribution is -0.130. The quantitative estimate of drug-likeness (QED) is 0.439. The van der Waals surface area contributed by atoms with Gasteiger partial charge in [0.15, 0.2) is 0 Å². The number of carbonyl (C=O) groups excluding carboxylic acids is 2. The number of carbonyl (C=O) groups is 2. The van der Waals surface area contributed by atoms with E-state index in [2.05, 4.69) is 33.7 Å². The van der Waals surface area contributed by atoms with E-state index in [0.717, 1.165) is 49.2 Å². The summed E-state index contributed by atoms with van der Waals surface area (Å²) in [6, 6.07) is 21.1. The fourth-order valence-electron chi connectivity index (χ4n) is 3.58. The van der Waals surface area contributed by atoms with Crippen molar-refractivity contribution in [1.82, 2.24) is 20.4 Å². The molecule has 3 aromatic rings. The summed E-state index contributed by atoms with van der Waals surface area (Å²) in [6.07, 6.45) is 4.28. The van der Waals surface area contributed by atoms with Crippen LogP contribution in [0.4, 0.5) is 0 Å². The number of nitrogens with zero attached hydrogens (tertiary/aromatic N) is 2. The molecule has 0 unspecified atom stereocenters. The molecular formula is C26H32N4O2. The third-order valence-corrected chi connectivity index (χ3v) is 5.46. The van der Waals surface area contributed by atoms with Crippen LogP contribution in [0.3, 0.4) is 0 Å². The van der Waals surface area contributed by atoms with E-state index in [1.807, 2.05) is 50.4 Å². The number of aromatic nitrogens is 2. The predicted molar refractivity (Wildman–Crippen MR) is 127 cm³/mol. The van der Waals surface area contributed by atoms with E-state index < -0.39 is 0 Å². The number of aromatic amines is 1. The molecule has 1 heterocycles. The fraction of sp³-hybridized carbons (Fsp3) is 0.346. The number of hydrogen-bond donors (Lipinski definition) is 2. The van der Waals surface area contributed by atoms with Gasteiger partial charge >= 0.3 is 0 Å². The molecule has 0 saturated heterocycles. The highest BCUT2D eigenvalue weighted by molar-refractivity contribution is 5.94. The summed E-state index contributed by atoms with van der Waals surface area (Å²) < 4.78 is 0. The van der Waals surface area contributed by atoms with Crippen molar-refractivity contribution in [2.24, 2.45) is 0 Å². The van der Waals surface area contributed by atoms with Crippen molar-refractivity contribution in [2.45, 2.75) is 45.1 Å². The van der Waals surface area contributed by atoms with Crippen LogP contribution in [0.25, 0.3) is 11.3 Å². The van der Waals surface area contributed by atoms with Gasteiger partial charge in [0.05, 0.1) is 5.69 Å². The summed E-state index contributed by atoms with van der Waals surface area (Å²) in [5.41, 5.74) is 3.83. The van der Waals surface area contributed by atoms with Crippen LogP contribution in [0.2, 0.25) is 0 Å². The van der Waals surface area contributed by atoms with Crippen LogP contribution in [-0.4, -0.2) is 46.5 Å². The molecule has 0 aliphatic heterocycles. The molecule has 2 amide bonds. The van der Waals surface area contributed by atoms with Crippen LogP contribution in [-0.2, 0) is 11.2 Å². The molecule has 0 radical (unpaired) electrons. The molecule has 32 heavy (non-hydrogen) atoms.